The minimum Gasteiger partial charge on any atom is -0.493 e. The molecule has 2 aliphatic heterocycles. The number of aliphatic carboxylic acids is 1. The molecule has 0 saturated carbocycles. The van der Waals surface area contributed by atoms with Gasteiger partial charge in [-0.3, -0.25) is 9.59 Å². The first-order chi connectivity index (χ1) is 16.7. The molecule has 0 radical (unpaired) electrons. The van der Waals surface area contributed by atoms with Crippen LogP contribution in [0.25, 0.3) is 0 Å². The minimum absolute atomic E-state index is 0.0133. The maximum atomic E-state index is 12.6. The van der Waals surface area contributed by atoms with Crippen LogP contribution in [0.3, 0.4) is 0 Å². The second kappa shape index (κ2) is 8.39. The van der Waals surface area contributed by atoms with Gasteiger partial charge in [-0.15, -0.1) is 0 Å². The number of hydrogen-bond acceptors (Lipinski definition) is 8. The third kappa shape index (κ3) is 3.42. The molecule has 2 bridgehead atoms. The zero-order chi connectivity index (χ0) is 25.0. The van der Waals surface area contributed by atoms with Crippen molar-refractivity contribution in [1.82, 2.24) is 10.2 Å². The van der Waals surface area contributed by atoms with Gasteiger partial charge in [0.05, 0.1) is 24.5 Å². The summed E-state index contributed by atoms with van der Waals surface area (Å²) in [6, 6.07) is 3.80. The average molecular weight is 485 g/mol. The number of methoxy groups -OCH3 is 1. The van der Waals surface area contributed by atoms with E-state index in [2.05, 4.69) is 10.2 Å². The van der Waals surface area contributed by atoms with Crippen molar-refractivity contribution in [2.45, 2.75) is 48.8 Å². The number of nitrogens with zero attached hydrogens (tertiary/aromatic N) is 1. The number of aliphatic hydroxyl groups is 1. The molecule has 2 unspecified atom stereocenters. The van der Waals surface area contributed by atoms with E-state index in [1.165, 1.54) is 0 Å². The maximum Gasteiger partial charge on any atom is 0.328 e. The second-order valence-electron chi connectivity index (χ2n) is 9.47. The molecule has 1 aromatic rings. The van der Waals surface area contributed by atoms with Crippen LogP contribution in [0.15, 0.2) is 36.1 Å². The molecular weight excluding hydrogens is 456 g/mol. The molecule has 1 spiro atoms. The van der Waals surface area contributed by atoms with Crippen molar-refractivity contribution >= 4 is 17.8 Å². The van der Waals surface area contributed by atoms with Crippen molar-refractivity contribution < 1.29 is 38.8 Å². The van der Waals surface area contributed by atoms with E-state index in [9.17, 15) is 19.5 Å². The quantitative estimate of drug-likeness (QED) is 0.377. The number of esters is 1. The fourth-order valence-corrected chi connectivity index (χ4v) is 6.26. The van der Waals surface area contributed by atoms with Crippen molar-refractivity contribution in [3.05, 3.63) is 47.2 Å². The molecule has 5 rings (SSSR count). The van der Waals surface area contributed by atoms with E-state index in [0.29, 0.717) is 36.5 Å². The number of hydrogen-bond donors (Lipinski definition) is 3. The van der Waals surface area contributed by atoms with Gasteiger partial charge in [0.2, 0.25) is 5.91 Å². The van der Waals surface area contributed by atoms with Crippen LogP contribution in [0.2, 0.25) is 0 Å². The Morgan fingerprint density at radius 3 is 2.86 bits per heavy atom. The molecule has 186 valence electrons. The summed E-state index contributed by atoms with van der Waals surface area (Å²) in [5.41, 5.74) is 0.208. The largest absolute Gasteiger partial charge is 0.493 e. The number of carbonyl (C=O) groups is 3. The summed E-state index contributed by atoms with van der Waals surface area (Å²) in [6.07, 6.45) is 4.19. The molecule has 35 heavy (non-hydrogen) atoms. The van der Waals surface area contributed by atoms with E-state index in [1.54, 1.807) is 13.2 Å². The van der Waals surface area contributed by atoms with Gasteiger partial charge < -0.3 is 34.6 Å². The molecule has 10 heteroatoms. The van der Waals surface area contributed by atoms with Crippen LogP contribution in [-0.4, -0.2) is 78.0 Å². The lowest BCUT2D eigenvalue weighted by atomic mass is 9.50. The van der Waals surface area contributed by atoms with Gasteiger partial charge in [0, 0.05) is 36.7 Å². The Kier molecular flexibility index (Phi) is 5.60. The van der Waals surface area contributed by atoms with Crippen LogP contribution in [0.1, 0.15) is 30.4 Å². The van der Waals surface area contributed by atoms with Gasteiger partial charge in [0.25, 0.3) is 0 Å². The van der Waals surface area contributed by atoms with Crippen LogP contribution in [-0.2, 0) is 31.0 Å². The highest BCUT2D eigenvalue weighted by Gasteiger charge is 2.72. The predicted molar refractivity (Wildman–Crippen MR) is 122 cm³/mol. The van der Waals surface area contributed by atoms with Gasteiger partial charge in [-0.05, 0) is 44.1 Å². The normalized spacial score (nSPS) is 30.2. The van der Waals surface area contributed by atoms with Crippen molar-refractivity contribution in [3.63, 3.8) is 0 Å². The Hall–Kier alpha value is -3.37. The number of piperidine rings is 1. The molecule has 0 aromatic heterocycles. The van der Waals surface area contributed by atoms with Gasteiger partial charge >= 0.3 is 11.9 Å². The zero-order valence-corrected chi connectivity index (χ0v) is 19.6. The molecule has 4 aliphatic rings. The number of likely N-dealkylation sites (N-methyl/N-ethyl adjacent to an activating group) is 1. The van der Waals surface area contributed by atoms with Gasteiger partial charge in [0.1, 0.15) is 5.76 Å². The Balaban J connectivity index is 1.39. The maximum absolute atomic E-state index is 12.6. The van der Waals surface area contributed by atoms with Gasteiger partial charge in [-0.25, -0.2) is 4.79 Å². The van der Waals surface area contributed by atoms with E-state index < -0.39 is 35.0 Å². The molecule has 1 amide bonds. The smallest absolute Gasteiger partial charge is 0.328 e. The van der Waals surface area contributed by atoms with Crippen LogP contribution >= 0.6 is 0 Å². The fourth-order valence-electron chi connectivity index (χ4n) is 6.26. The Morgan fingerprint density at radius 2 is 2.11 bits per heavy atom. The van der Waals surface area contributed by atoms with Crippen LogP contribution in [0.4, 0.5) is 0 Å². The summed E-state index contributed by atoms with van der Waals surface area (Å²) in [7, 11) is 3.60. The lowest BCUT2D eigenvalue weighted by molar-refractivity contribution is -0.169. The second-order valence-corrected chi connectivity index (χ2v) is 9.47. The van der Waals surface area contributed by atoms with E-state index in [4.69, 9.17) is 19.3 Å². The standard InChI is InChI=1S/C25H28N2O8/c1-27-12-10-24-21-14-3-4-15(33-2)22(21)35-23(24)16(7-9-25(24,32)17(27)13-14)34-20(31)8-11-26-18(28)5-6-19(29)30/h3-7,17,23,32H,8-13H2,1-2H3,(H,26,28)(H,29,30)/b6-5+/t17-,23?,24?,25-/m1/s1. The lowest BCUT2D eigenvalue weighted by Gasteiger charge is -2.61. The summed E-state index contributed by atoms with van der Waals surface area (Å²) in [5.74, 6) is -0.888. The molecule has 1 aromatic carbocycles. The van der Waals surface area contributed by atoms with Gasteiger partial charge in [-0.2, -0.15) is 0 Å². The third-order valence-corrected chi connectivity index (χ3v) is 7.80. The number of ether oxygens (including phenoxy) is 3. The molecule has 1 saturated heterocycles. The topological polar surface area (TPSA) is 135 Å². The van der Waals surface area contributed by atoms with Crippen molar-refractivity contribution in [2.24, 2.45) is 0 Å². The summed E-state index contributed by atoms with van der Waals surface area (Å²) in [6.45, 7) is 0.751. The number of carbonyl (C=O) groups excluding carboxylic acids is 2. The predicted octanol–water partition coefficient (Wildman–Crippen LogP) is 0.663. The number of rotatable bonds is 7. The SMILES string of the molecule is COc1ccc2c3c1OC1C(OC(=O)CCNC(=O)/C=C/C(=O)O)=CC[C@@]4(O)[C@@H](C2)N(C)CCC314. The van der Waals surface area contributed by atoms with E-state index in [0.717, 1.165) is 29.8 Å². The van der Waals surface area contributed by atoms with Gasteiger partial charge in [0.15, 0.2) is 17.6 Å². The Morgan fingerprint density at radius 1 is 1.31 bits per heavy atom. The highest BCUT2D eigenvalue weighted by Crippen LogP contribution is 2.65. The number of amides is 1. The minimum atomic E-state index is -1.24. The molecule has 1 fully saturated rings. The first-order valence-electron chi connectivity index (χ1n) is 11.6. The summed E-state index contributed by atoms with van der Waals surface area (Å²) in [5, 5.41) is 23.2. The van der Waals surface area contributed by atoms with Crippen LogP contribution < -0.4 is 14.8 Å². The highest BCUT2D eigenvalue weighted by molar-refractivity contribution is 5.94. The molecule has 2 heterocycles. The van der Waals surface area contributed by atoms with Crippen LogP contribution in [0.5, 0.6) is 11.5 Å². The number of nitrogens with one attached hydrogen (secondary N) is 1. The number of benzene rings is 1. The molecule has 2 aliphatic carbocycles. The Labute approximate surface area is 202 Å². The van der Waals surface area contributed by atoms with Crippen molar-refractivity contribution in [2.75, 3.05) is 27.2 Å². The summed E-state index contributed by atoms with van der Waals surface area (Å²) < 4.78 is 17.7. The Bertz CT molecular complexity index is 1160. The van der Waals surface area contributed by atoms with E-state index in [1.807, 2.05) is 19.2 Å². The van der Waals surface area contributed by atoms with Crippen molar-refractivity contribution in [1.29, 1.82) is 0 Å². The highest BCUT2D eigenvalue weighted by atomic mass is 16.6. The fraction of sp³-hybridized carbons (Fsp3) is 0.480. The summed E-state index contributed by atoms with van der Waals surface area (Å²) in [4.78, 5) is 36.9. The number of carboxylic acid groups (broad SMARTS) is 1. The van der Waals surface area contributed by atoms with Crippen LogP contribution in [0, 0.1) is 0 Å². The first-order valence-corrected chi connectivity index (χ1v) is 11.6. The molecule has 4 atom stereocenters. The molecule has 3 N–H and O–H groups in total. The molecular formula is C25H28N2O8. The number of carboxylic acids is 1. The summed E-state index contributed by atoms with van der Waals surface area (Å²) >= 11 is 0. The molecule has 10 nitrogen and oxygen atoms in total. The first kappa shape index (κ1) is 23.4. The third-order valence-electron chi connectivity index (χ3n) is 7.80. The lowest BCUT2D eigenvalue weighted by Crippen LogP contribution is -2.74. The average Bonchev–Trinajstić information content (AvgIpc) is 3.17. The van der Waals surface area contributed by atoms with Gasteiger partial charge in [-0.1, -0.05) is 6.07 Å². The number of likely N-dealkylation sites (tertiary alicyclic amines) is 1. The van der Waals surface area contributed by atoms with E-state index >= 15 is 0 Å². The van der Waals surface area contributed by atoms with Crippen molar-refractivity contribution in [3.8, 4) is 11.5 Å². The monoisotopic (exact) mass is 484 g/mol. The zero-order valence-electron chi connectivity index (χ0n) is 19.6. The van der Waals surface area contributed by atoms with E-state index in [-0.39, 0.29) is 19.0 Å².